The summed E-state index contributed by atoms with van der Waals surface area (Å²) in [5.41, 5.74) is 0.827. The lowest BCUT2D eigenvalue weighted by molar-refractivity contribution is -0.123. The number of carbonyl (C=O) groups excluding carboxylic acids is 2. The van der Waals surface area contributed by atoms with Gasteiger partial charge in [-0.3, -0.25) is 4.79 Å². The molecule has 0 bridgehead atoms. The van der Waals surface area contributed by atoms with Gasteiger partial charge >= 0.3 is 5.97 Å². The van der Waals surface area contributed by atoms with Gasteiger partial charge in [-0.1, -0.05) is 30.3 Å². The van der Waals surface area contributed by atoms with Crippen molar-refractivity contribution in [3.63, 3.8) is 0 Å². The zero-order valence-corrected chi connectivity index (χ0v) is 16.1. The number of carbonyl (C=O) groups is 2. The minimum atomic E-state index is -0.979. The Bertz CT molecular complexity index is 970. The van der Waals surface area contributed by atoms with E-state index < -0.39 is 18.0 Å². The number of benzene rings is 3. The first-order valence-corrected chi connectivity index (χ1v) is 9.04. The second-order valence-corrected chi connectivity index (χ2v) is 6.18. The lowest BCUT2D eigenvalue weighted by Gasteiger charge is -2.15. The van der Waals surface area contributed by atoms with Crippen LogP contribution in [0.3, 0.4) is 0 Å². The summed E-state index contributed by atoms with van der Waals surface area (Å²) in [6.45, 7) is 1.51. The highest BCUT2D eigenvalue weighted by molar-refractivity contribution is 5.98. The summed E-state index contributed by atoms with van der Waals surface area (Å²) in [5, 5.41) is 2.72. The highest BCUT2D eigenvalue weighted by atomic mass is 16.5. The maximum Gasteiger partial charge on any atom is 0.342 e. The van der Waals surface area contributed by atoms with E-state index in [1.165, 1.54) is 14.0 Å². The summed E-state index contributed by atoms with van der Waals surface area (Å²) in [6.07, 6.45) is -0.979. The van der Waals surface area contributed by atoms with Crippen LogP contribution in [0.1, 0.15) is 17.3 Å². The predicted octanol–water partition coefficient (Wildman–Crippen LogP) is 4.67. The minimum absolute atomic E-state index is 0.261. The van der Waals surface area contributed by atoms with Crippen molar-refractivity contribution in [1.82, 2.24) is 0 Å². The Labute approximate surface area is 169 Å². The number of esters is 1. The van der Waals surface area contributed by atoms with Gasteiger partial charge in [-0.25, -0.2) is 4.79 Å². The molecule has 0 aliphatic rings. The fraction of sp³-hybridized carbons (Fsp3) is 0.130. The van der Waals surface area contributed by atoms with Gasteiger partial charge in [0.25, 0.3) is 5.91 Å². The third-order valence-corrected chi connectivity index (χ3v) is 4.08. The standard InChI is InChI=1S/C23H21NO5/c1-16(28-23(26)20-10-6-7-11-21(20)27-2)22(25)24-17-12-14-19(15-13-17)29-18-8-4-3-5-9-18/h3-16H,1-2H3,(H,24,25)/t16-/m0/s1. The predicted molar refractivity (Wildman–Crippen MR) is 109 cm³/mol. The zero-order chi connectivity index (χ0) is 20.6. The van der Waals surface area contributed by atoms with Crippen LogP contribution in [-0.2, 0) is 9.53 Å². The van der Waals surface area contributed by atoms with Gasteiger partial charge in [-0.05, 0) is 55.5 Å². The van der Waals surface area contributed by atoms with Gasteiger partial charge in [0.1, 0.15) is 22.8 Å². The molecule has 0 aliphatic heterocycles. The average Bonchev–Trinajstić information content (AvgIpc) is 2.75. The average molecular weight is 391 g/mol. The molecule has 0 saturated heterocycles. The number of para-hydroxylation sites is 2. The second kappa shape index (κ2) is 9.41. The molecule has 6 nitrogen and oxygen atoms in total. The molecule has 3 aromatic rings. The maximum absolute atomic E-state index is 12.4. The van der Waals surface area contributed by atoms with Crippen molar-refractivity contribution in [2.45, 2.75) is 13.0 Å². The van der Waals surface area contributed by atoms with E-state index in [4.69, 9.17) is 14.2 Å². The number of nitrogens with one attached hydrogen (secondary N) is 1. The number of anilines is 1. The molecule has 1 N–H and O–H groups in total. The monoisotopic (exact) mass is 391 g/mol. The van der Waals surface area contributed by atoms with Crippen LogP contribution in [0.25, 0.3) is 0 Å². The number of rotatable bonds is 7. The van der Waals surface area contributed by atoms with Crippen LogP contribution in [0.4, 0.5) is 5.69 Å². The molecule has 29 heavy (non-hydrogen) atoms. The highest BCUT2D eigenvalue weighted by Crippen LogP contribution is 2.23. The van der Waals surface area contributed by atoms with Crippen LogP contribution in [0.5, 0.6) is 17.2 Å². The van der Waals surface area contributed by atoms with Gasteiger partial charge in [0.15, 0.2) is 6.10 Å². The molecule has 1 atom stereocenters. The summed E-state index contributed by atoms with van der Waals surface area (Å²) in [6, 6.07) is 23.0. The van der Waals surface area contributed by atoms with Gasteiger partial charge in [-0.2, -0.15) is 0 Å². The minimum Gasteiger partial charge on any atom is -0.496 e. The Kier molecular flexibility index (Phi) is 6.47. The normalized spacial score (nSPS) is 11.2. The van der Waals surface area contributed by atoms with Crippen LogP contribution in [0, 0.1) is 0 Å². The van der Waals surface area contributed by atoms with E-state index in [0.29, 0.717) is 17.2 Å². The molecular weight excluding hydrogens is 370 g/mol. The van der Waals surface area contributed by atoms with E-state index in [1.54, 1.807) is 48.5 Å². The number of methoxy groups -OCH3 is 1. The van der Waals surface area contributed by atoms with Crippen LogP contribution in [0.2, 0.25) is 0 Å². The molecule has 3 rings (SSSR count). The van der Waals surface area contributed by atoms with E-state index in [-0.39, 0.29) is 5.56 Å². The lowest BCUT2D eigenvalue weighted by atomic mass is 10.2. The van der Waals surface area contributed by atoms with E-state index in [0.717, 1.165) is 5.75 Å². The van der Waals surface area contributed by atoms with Crippen molar-refractivity contribution >= 4 is 17.6 Å². The Balaban J connectivity index is 1.57. The summed E-state index contributed by atoms with van der Waals surface area (Å²) in [5.74, 6) is 0.687. The second-order valence-electron chi connectivity index (χ2n) is 6.18. The summed E-state index contributed by atoms with van der Waals surface area (Å²) >= 11 is 0. The molecule has 0 heterocycles. The van der Waals surface area contributed by atoms with Crippen LogP contribution >= 0.6 is 0 Å². The van der Waals surface area contributed by atoms with Gasteiger partial charge in [0.05, 0.1) is 7.11 Å². The zero-order valence-electron chi connectivity index (χ0n) is 16.1. The molecule has 6 heteroatoms. The van der Waals surface area contributed by atoms with E-state index in [1.807, 2.05) is 30.3 Å². The number of ether oxygens (including phenoxy) is 3. The summed E-state index contributed by atoms with van der Waals surface area (Å²) < 4.78 is 16.1. The molecule has 1 amide bonds. The number of hydrogen-bond acceptors (Lipinski definition) is 5. The molecule has 0 fully saturated rings. The van der Waals surface area contributed by atoms with Gasteiger partial charge in [0.2, 0.25) is 0 Å². The fourth-order valence-corrected chi connectivity index (χ4v) is 2.57. The highest BCUT2D eigenvalue weighted by Gasteiger charge is 2.21. The summed E-state index contributed by atoms with van der Waals surface area (Å²) in [7, 11) is 1.47. The maximum atomic E-state index is 12.4. The van der Waals surface area contributed by atoms with Crippen molar-refractivity contribution in [3.05, 3.63) is 84.4 Å². The van der Waals surface area contributed by atoms with Crippen LogP contribution < -0.4 is 14.8 Å². The van der Waals surface area contributed by atoms with Crippen LogP contribution in [0.15, 0.2) is 78.9 Å². The van der Waals surface area contributed by atoms with Crippen molar-refractivity contribution in [2.24, 2.45) is 0 Å². The molecule has 0 saturated carbocycles. The van der Waals surface area contributed by atoms with E-state index in [2.05, 4.69) is 5.32 Å². The fourth-order valence-electron chi connectivity index (χ4n) is 2.57. The van der Waals surface area contributed by atoms with Crippen molar-refractivity contribution in [2.75, 3.05) is 12.4 Å². The third kappa shape index (κ3) is 5.35. The summed E-state index contributed by atoms with van der Waals surface area (Å²) in [4.78, 5) is 24.7. The molecule has 0 radical (unpaired) electrons. The van der Waals surface area contributed by atoms with Crippen molar-refractivity contribution in [1.29, 1.82) is 0 Å². The van der Waals surface area contributed by atoms with Crippen LogP contribution in [-0.4, -0.2) is 25.1 Å². The molecular formula is C23H21NO5. The third-order valence-electron chi connectivity index (χ3n) is 4.08. The van der Waals surface area contributed by atoms with Gasteiger partial charge < -0.3 is 19.5 Å². The smallest absolute Gasteiger partial charge is 0.342 e. The van der Waals surface area contributed by atoms with Crippen molar-refractivity contribution < 1.29 is 23.8 Å². The number of amides is 1. The number of hydrogen-bond donors (Lipinski definition) is 1. The molecule has 0 aliphatic carbocycles. The first kappa shape index (κ1) is 19.9. The molecule has 3 aromatic carbocycles. The molecule has 148 valence electrons. The molecule has 0 aromatic heterocycles. The first-order valence-electron chi connectivity index (χ1n) is 9.04. The largest absolute Gasteiger partial charge is 0.496 e. The lowest BCUT2D eigenvalue weighted by Crippen LogP contribution is -2.30. The Morgan fingerprint density at radius 1 is 0.828 bits per heavy atom. The Morgan fingerprint density at radius 3 is 2.14 bits per heavy atom. The SMILES string of the molecule is COc1ccccc1C(=O)O[C@@H](C)C(=O)Nc1ccc(Oc2ccccc2)cc1. The van der Waals surface area contributed by atoms with Gasteiger partial charge in [0, 0.05) is 5.69 Å². The van der Waals surface area contributed by atoms with Crippen molar-refractivity contribution in [3.8, 4) is 17.2 Å². The Morgan fingerprint density at radius 2 is 1.45 bits per heavy atom. The van der Waals surface area contributed by atoms with E-state index >= 15 is 0 Å². The first-order chi connectivity index (χ1) is 14.1. The molecule has 0 unspecified atom stereocenters. The Hall–Kier alpha value is -3.80. The topological polar surface area (TPSA) is 73.9 Å². The molecule has 0 spiro atoms. The quantitative estimate of drug-likeness (QED) is 0.593. The van der Waals surface area contributed by atoms with E-state index in [9.17, 15) is 9.59 Å². The van der Waals surface area contributed by atoms with Gasteiger partial charge in [-0.15, -0.1) is 0 Å².